The molecule has 0 aliphatic heterocycles. The lowest BCUT2D eigenvalue weighted by atomic mass is 9.93. The summed E-state index contributed by atoms with van der Waals surface area (Å²) in [7, 11) is -1.69. The minimum absolute atomic E-state index is 0.259. The van der Waals surface area contributed by atoms with E-state index in [0.717, 1.165) is 42.1 Å². The number of fused-ring (bicyclic) bond motifs is 1. The van der Waals surface area contributed by atoms with Gasteiger partial charge in [-0.25, -0.2) is 15.0 Å². The van der Waals surface area contributed by atoms with E-state index in [2.05, 4.69) is 54.1 Å². The van der Waals surface area contributed by atoms with Gasteiger partial charge in [-0.05, 0) is 56.3 Å². The second kappa shape index (κ2) is 7.64. The number of anilines is 1. The van der Waals surface area contributed by atoms with Crippen molar-refractivity contribution in [3.8, 4) is 0 Å². The molecule has 0 amide bonds. The van der Waals surface area contributed by atoms with Crippen LogP contribution >= 0.6 is 11.6 Å². The minimum atomic E-state index is -1.69. The molecular formula is C20H31ClN4OSi. The zero-order valence-electron chi connectivity index (χ0n) is 17.3. The summed E-state index contributed by atoms with van der Waals surface area (Å²) in [6, 6.07) is 0.388. The van der Waals surface area contributed by atoms with Gasteiger partial charge in [-0.3, -0.25) is 0 Å². The topological polar surface area (TPSA) is 59.9 Å². The molecule has 0 aromatic carbocycles. The zero-order chi connectivity index (χ0) is 19.8. The van der Waals surface area contributed by atoms with Gasteiger partial charge in [0.15, 0.2) is 8.32 Å². The normalized spacial score (nSPS) is 21.4. The van der Waals surface area contributed by atoms with Crippen LogP contribution in [0.5, 0.6) is 0 Å². The van der Waals surface area contributed by atoms with E-state index in [-0.39, 0.29) is 5.04 Å². The fourth-order valence-electron chi connectivity index (χ4n) is 3.29. The van der Waals surface area contributed by atoms with Gasteiger partial charge >= 0.3 is 0 Å². The quantitative estimate of drug-likeness (QED) is 0.518. The molecule has 1 fully saturated rings. The fraction of sp³-hybridized carbons (Fsp3) is 0.650. The molecule has 2 aromatic rings. The highest BCUT2D eigenvalue weighted by Crippen LogP contribution is 2.39. The number of rotatable bonds is 4. The van der Waals surface area contributed by atoms with Crippen molar-refractivity contribution in [2.24, 2.45) is 0 Å². The second-order valence-electron chi connectivity index (χ2n) is 9.18. The van der Waals surface area contributed by atoms with Crippen LogP contribution in [0.25, 0.3) is 10.9 Å². The second-order valence-corrected chi connectivity index (χ2v) is 14.3. The Bertz CT molecular complexity index is 813. The predicted octanol–water partition coefficient (Wildman–Crippen LogP) is 5.73. The Morgan fingerprint density at radius 2 is 1.78 bits per heavy atom. The van der Waals surface area contributed by atoms with Gasteiger partial charge < -0.3 is 9.74 Å². The Morgan fingerprint density at radius 3 is 2.41 bits per heavy atom. The molecule has 2 heterocycles. The number of hydrogen-bond acceptors (Lipinski definition) is 5. The molecule has 27 heavy (non-hydrogen) atoms. The van der Waals surface area contributed by atoms with E-state index in [1.165, 1.54) is 0 Å². The molecule has 3 rings (SSSR count). The number of nitrogens with zero attached hydrogens (tertiary/aromatic N) is 3. The SMILES string of the molecule is Cc1cnc(Cl)c2cnc(NC3CCC(O[Si](C)(C)C(C)(C)C)CC3)nc12. The molecule has 5 nitrogen and oxygen atoms in total. The van der Waals surface area contributed by atoms with Gasteiger partial charge in [0, 0.05) is 24.5 Å². The molecule has 2 aromatic heterocycles. The molecule has 0 radical (unpaired) electrons. The monoisotopic (exact) mass is 406 g/mol. The van der Waals surface area contributed by atoms with Crippen molar-refractivity contribution in [1.82, 2.24) is 15.0 Å². The maximum atomic E-state index is 6.59. The van der Waals surface area contributed by atoms with E-state index in [0.29, 0.717) is 23.2 Å². The van der Waals surface area contributed by atoms with Gasteiger partial charge in [0.05, 0.1) is 10.9 Å². The minimum Gasteiger partial charge on any atom is -0.414 e. The maximum absolute atomic E-state index is 6.59. The van der Waals surface area contributed by atoms with Gasteiger partial charge in [0.25, 0.3) is 0 Å². The Hall–Kier alpha value is -1.24. The highest BCUT2D eigenvalue weighted by atomic mass is 35.5. The molecule has 0 unspecified atom stereocenters. The average Bonchev–Trinajstić information content (AvgIpc) is 2.59. The molecule has 0 atom stereocenters. The van der Waals surface area contributed by atoms with E-state index >= 15 is 0 Å². The van der Waals surface area contributed by atoms with Crippen molar-refractivity contribution in [2.75, 3.05) is 5.32 Å². The van der Waals surface area contributed by atoms with Crippen molar-refractivity contribution in [1.29, 1.82) is 0 Å². The lowest BCUT2D eigenvalue weighted by molar-refractivity contribution is 0.133. The molecule has 1 aliphatic rings. The Morgan fingerprint density at radius 1 is 1.11 bits per heavy atom. The van der Waals surface area contributed by atoms with E-state index in [1.807, 2.05) is 6.92 Å². The van der Waals surface area contributed by atoms with Crippen LogP contribution in [0.1, 0.15) is 52.0 Å². The number of pyridine rings is 1. The molecule has 0 saturated heterocycles. The van der Waals surface area contributed by atoms with Crippen LogP contribution in [-0.4, -0.2) is 35.4 Å². The first-order chi connectivity index (χ1) is 12.6. The van der Waals surface area contributed by atoms with Crippen molar-refractivity contribution in [3.05, 3.63) is 23.1 Å². The number of aryl methyl sites for hydroxylation is 1. The van der Waals surface area contributed by atoms with Gasteiger partial charge in [0.2, 0.25) is 5.95 Å². The third-order valence-corrected chi connectivity index (χ3v) is 10.9. The van der Waals surface area contributed by atoms with E-state index < -0.39 is 8.32 Å². The van der Waals surface area contributed by atoms with Crippen LogP contribution in [0, 0.1) is 6.92 Å². The zero-order valence-corrected chi connectivity index (χ0v) is 19.0. The molecule has 0 spiro atoms. The first-order valence-corrected chi connectivity index (χ1v) is 13.1. The van der Waals surface area contributed by atoms with Crippen LogP contribution in [0.3, 0.4) is 0 Å². The van der Waals surface area contributed by atoms with Gasteiger partial charge in [-0.1, -0.05) is 32.4 Å². The van der Waals surface area contributed by atoms with Crippen molar-refractivity contribution in [3.63, 3.8) is 0 Å². The van der Waals surface area contributed by atoms with Crippen LogP contribution in [0.4, 0.5) is 5.95 Å². The summed E-state index contributed by atoms with van der Waals surface area (Å²) in [6.45, 7) is 13.6. The third kappa shape index (κ3) is 4.61. The standard InChI is InChI=1S/C20H31ClN4OSi/c1-13-11-22-18(21)16-12-23-19(25-17(13)16)24-14-7-9-15(10-8-14)26-27(5,6)20(2,3)4/h11-12,14-15H,7-10H2,1-6H3,(H,23,24,25). The summed E-state index contributed by atoms with van der Waals surface area (Å²) in [5.74, 6) is 0.668. The fourth-order valence-corrected chi connectivity index (χ4v) is 4.90. The molecule has 0 bridgehead atoms. The first-order valence-electron chi connectivity index (χ1n) is 9.79. The summed E-state index contributed by atoms with van der Waals surface area (Å²) in [5, 5.41) is 5.01. The smallest absolute Gasteiger partial charge is 0.223 e. The van der Waals surface area contributed by atoms with Crippen molar-refractivity contribution in [2.45, 2.75) is 83.7 Å². The summed E-state index contributed by atoms with van der Waals surface area (Å²) < 4.78 is 6.59. The summed E-state index contributed by atoms with van der Waals surface area (Å²) >= 11 is 6.15. The molecule has 148 valence electrons. The average molecular weight is 407 g/mol. The predicted molar refractivity (Wildman–Crippen MR) is 115 cm³/mol. The summed E-state index contributed by atoms with van der Waals surface area (Å²) in [5.41, 5.74) is 1.87. The number of aromatic nitrogens is 3. The molecule has 1 N–H and O–H groups in total. The van der Waals surface area contributed by atoms with Crippen LogP contribution in [0.15, 0.2) is 12.4 Å². The first kappa shape index (κ1) is 20.5. The van der Waals surface area contributed by atoms with Crippen LogP contribution < -0.4 is 5.32 Å². The van der Waals surface area contributed by atoms with E-state index in [4.69, 9.17) is 16.0 Å². The maximum Gasteiger partial charge on any atom is 0.223 e. The Kier molecular flexibility index (Phi) is 5.80. The highest BCUT2D eigenvalue weighted by Gasteiger charge is 2.39. The molecule has 1 aliphatic carbocycles. The summed E-state index contributed by atoms with van der Waals surface area (Å²) in [6.07, 6.45) is 8.24. The molecular weight excluding hydrogens is 376 g/mol. The third-order valence-electron chi connectivity index (χ3n) is 6.03. The van der Waals surface area contributed by atoms with Gasteiger partial charge in [-0.15, -0.1) is 0 Å². The summed E-state index contributed by atoms with van der Waals surface area (Å²) in [4.78, 5) is 13.3. The largest absolute Gasteiger partial charge is 0.414 e. The number of hydrogen-bond donors (Lipinski definition) is 1. The van der Waals surface area contributed by atoms with Crippen molar-refractivity contribution < 1.29 is 4.43 Å². The molecule has 1 saturated carbocycles. The Balaban J connectivity index is 1.61. The van der Waals surface area contributed by atoms with Crippen LogP contribution in [0.2, 0.25) is 23.3 Å². The van der Waals surface area contributed by atoms with Crippen molar-refractivity contribution >= 4 is 36.8 Å². The number of nitrogens with one attached hydrogen (secondary N) is 1. The lowest BCUT2D eigenvalue weighted by Gasteiger charge is -2.41. The van der Waals surface area contributed by atoms with E-state index in [9.17, 15) is 0 Å². The lowest BCUT2D eigenvalue weighted by Crippen LogP contribution is -2.45. The highest BCUT2D eigenvalue weighted by molar-refractivity contribution is 6.74. The van der Waals surface area contributed by atoms with Gasteiger partial charge in [-0.2, -0.15) is 0 Å². The van der Waals surface area contributed by atoms with Crippen LogP contribution in [-0.2, 0) is 4.43 Å². The number of halogens is 1. The Labute approximate surface area is 168 Å². The van der Waals surface area contributed by atoms with E-state index in [1.54, 1.807) is 12.4 Å². The van der Waals surface area contributed by atoms with Gasteiger partial charge in [0.1, 0.15) is 5.15 Å². The molecule has 7 heteroatoms.